The summed E-state index contributed by atoms with van der Waals surface area (Å²) >= 11 is 0. The molecule has 3 rings (SSSR count). The lowest BCUT2D eigenvalue weighted by Gasteiger charge is -2.40. The first-order valence-electron chi connectivity index (χ1n) is 7.68. The van der Waals surface area contributed by atoms with Gasteiger partial charge in [-0.2, -0.15) is 0 Å². The van der Waals surface area contributed by atoms with Gasteiger partial charge in [0.2, 0.25) is 5.91 Å². The van der Waals surface area contributed by atoms with Crippen LogP contribution in [-0.2, 0) is 11.2 Å². The number of anilines is 1. The molecule has 0 bridgehead atoms. The molecule has 1 saturated heterocycles. The minimum absolute atomic E-state index is 0.0428. The fraction of sp³-hybridized carbons (Fsp3) is 0.588. The zero-order chi connectivity index (χ0) is 14.2. The molecule has 1 aromatic carbocycles. The number of para-hydroxylation sites is 1. The molecule has 0 aliphatic carbocycles. The van der Waals surface area contributed by atoms with Gasteiger partial charge in [0.05, 0.1) is 0 Å². The molecule has 0 saturated carbocycles. The maximum Gasteiger partial charge on any atom is 0.245 e. The van der Waals surface area contributed by atoms with E-state index in [1.807, 2.05) is 6.07 Å². The van der Waals surface area contributed by atoms with Gasteiger partial charge in [0, 0.05) is 18.8 Å². The molecule has 1 aromatic rings. The molecule has 1 N–H and O–H groups in total. The normalized spacial score (nSPS) is 24.7. The number of nitrogens with one attached hydrogen (secondary N) is 1. The van der Waals surface area contributed by atoms with Crippen molar-refractivity contribution in [2.24, 2.45) is 5.41 Å². The molecule has 1 fully saturated rings. The van der Waals surface area contributed by atoms with Crippen LogP contribution in [0.1, 0.15) is 38.7 Å². The molecule has 20 heavy (non-hydrogen) atoms. The summed E-state index contributed by atoms with van der Waals surface area (Å²) in [6.45, 7) is 6.33. The molecule has 0 radical (unpaired) electrons. The number of nitrogens with zero attached hydrogens (tertiary/aromatic N) is 1. The summed E-state index contributed by atoms with van der Waals surface area (Å²) in [6, 6.07) is 8.28. The third kappa shape index (κ3) is 2.67. The molecule has 2 aliphatic heterocycles. The molecule has 1 atom stereocenters. The standard InChI is InChI=1S/C17H24N2O/c1-17(2)10-5-11-19(12-17)16(20)15-9-8-13-6-3-4-7-14(13)18-15/h3-4,6-7,15,18H,5,8-12H2,1-2H3. The van der Waals surface area contributed by atoms with Gasteiger partial charge in [-0.25, -0.2) is 0 Å². The average Bonchev–Trinajstić information content (AvgIpc) is 2.45. The van der Waals surface area contributed by atoms with Crippen molar-refractivity contribution in [2.75, 3.05) is 18.4 Å². The van der Waals surface area contributed by atoms with Gasteiger partial charge >= 0.3 is 0 Å². The minimum atomic E-state index is -0.0428. The number of amides is 1. The van der Waals surface area contributed by atoms with Gasteiger partial charge in [0.25, 0.3) is 0 Å². The number of fused-ring (bicyclic) bond motifs is 1. The second-order valence-corrected chi connectivity index (χ2v) is 6.92. The van der Waals surface area contributed by atoms with Gasteiger partial charge in [-0.15, -0.1) is 0 Å². The Bertz CT molecular complexity index is 509. The van der Waals surface area contributed by atoms with Gasteiger partial charge < -0.3 is 10.2 Å². The summed E-state index contributed by atoms with van der Waals surface area (Å²) in [5, 5.41) is 3.43. The highest BCUT2D eigenvalue weighted by Gasteiger charge is 2.33. The van der Waals surface area contributed by atoms with Gasteiger partial charge in [0.1, 0.15) is 6.04 Å². The van der Waals surface area contributed by atoms with Crippen LogP contribution >= 0.6 is 0 Å². The van der Waals surface area contributed by atoms with Crippen molar-refractivity contribution in [1.29, 1.82) is 0 Å². The number of aryl methyl sites for hydroxylation is 1. The molecule has 2 aliphatic rings. The van der Waals surface area contributed by atoms with Gasteiger partial charge in [-0.1, -0.05) is 32.0 Å². The van der Waals surface area contributed by atoms with E-state index in [0.717, 1.165) is 38.0 Å². The number of carbonyl (C=O) groups is 1. The Kier molecular flexibility index (Phi) is 3.45. The predicted molar refractivity (Wildman–Crippen MR) is 81.8 cm³/mol. The zero-order valence-corrected chi connectivity index (χ0v) is 12.5. The summed E-state index contributed by atoms with van der Waals surface area (Å²) in [5.41, 5.74) is 2.73. The van der Waals surface area contributed by atoms with Gasteiger partial charge in [-0.05, 0) is 42.7 Å². The van der Waals surface area contributed by atoms with Crippen LogP contribution in [0.4, 0.5) is 5.69 Å². The molecule has 0 aromatic heterocycles. The summed E-state index contributed by atoms with van der Waals surface area (Å²) in [7, 11) is 0. The lowest BCUT2D eigenvalue weighted by molar-refractivity contribution is -0.135. The van der Waals surface area contributed by atoms with Crippen molar-refractivity contribution in [3.63, 3.8) is 0 Å². The van der Waals surface area contributed by atoms with E-state index in [9.17, 15) is 4.79 Å². The second kappa shape index (κ2) is 5.12. The summed E-state index contributed by atoms with van der Waals surface area (Å²) in [6.07, 6.45) is 4.25. The van der Waals surface area contributed by atoms with Gasteiger partial charge in [0.15, 0.2) is 0 Å². The third-order valence-corrected chi connectivity index (χ3v) is 4.56. The molecular weight excluding hydrogens is 248 g/mol. The Hall–Kier alpha value is -1.51. The van der Waals surface area contributed by atoms with Crippen molar-refractivity contribution in [3.8, 4) is 0 Å². The first-order chi connectivity index (χ1) is 9.55. The Morgan fingerprint density at radius 3 is 2.95 bits per heavy atom. The Labute approximate surface area is 121 Å². The number of piperidine rings is 1. The third-order valence-electron chi connectivity index (χ3n) is 4.56. The van der Waals surface area contributed by atoms with E-state index < -0.39 is 0 Å². The fourth-order valence-corrected chi connectivity index (χ4v) is 3.46. The number of likely N-dealkylation sites (tertiary alicyclic amines) is 1. The van der Waals surface area contributed by atoms with E-state index in [-0.39, 0.29) is 17.4 Å². The monoisotopic (exact) mass is 272 g/mol. The van der Waals surface area contributed by atoms with Crippen molar-refractivity contribution < 1.29 is 4.79 Å². The number of hydrogen-bond donors (Lipinski definition) is 1. The topological polar surface area (TPSA) is 32.3 Å². The van der Waals surface area contributed by atoms with Crippen LogP contribution in [0, 0.1) is 5.41 Å². The molecule has 108 valence electrons. The first-order valence-corrected chi connectivity index (χ1v) is 7.68. The fourth-order valence-electron chi connectivity index (χ4n) is 3.46. The van der Waals surface area contributed by atoms with Crippen molar-refractivity contribution in [1.82, 2.24) is 4.90 Å². The van der Waals surface area contributed by atoms with Crippen LogP contribution in [0.15, 0.2) is 24.3 Å². The Balaban J connectivity index is 1.70. The van der Waals surface area contributed by atoms with Crippen LogP contribution in [-0.4, -0.2) is 29.9 Å². The zero-order valence-electron chi connectivity index (χ0n) is 12.5. The van der Waals surface area contributed by atoms with Crippen LogP contribution in [0.5, 0.6) is 0 Å². The van der Waals surface area contributed by atoms with E-state index in [0.29, 0.717) is 0 Å². The molecule has 0 spiro atoms. The smallest absolute Gasteiger partial charge is 0.245 e. The minimum Gasteiger partial charge on any atom is -0.373 e. The van der Waals surface area contributed by atoms with E-state index in [1.165, 1.54) is 12.0 Å². The van der Waals surface area contributed by atoms with Crippen LogP contribution in [0.25, 0.3) is 0 Å². The van der Waals surface area contributed by atoms with Crippen LogP contribution in [0.2, 0.25) is 0 Å². The predicted octanol–water partition coefficient (Wildman–Crippen LogP) is 3.06. The number of hydrogen-bond acceptors (Lipinski definition) is 2. The quantitative estimate of drug-likeness (QED) is 0.852. The van der Waals surface area contributed by atoms with Crippen LogP contribution in [0.3, 0.4) is 0 Å². The first kappa shape index (κ1) is 13.5. The highest BCUT2D eigenvalue weighted by Crippen LogP contribution is 2.30. The maximum atomic E-state index is 12.7. The molecular formula is C17H24N2O. The van der Waals surface area contributed by atoms with Gasteiger partial charge in [-0.3, -0.25) is 4.79 Å². The maximum absolute atomic E-state index is 12.7. The highest BCUT2D eigenvalue weighted by atomic mass is 16.2. The Morgan fingerprint density at radius 2 is 2.15 bits per heavy atom. The summed E-state index contributed by atoms with van der Waals surface area (Å²) in [5.74, 6) is 0.285. The molecule has 3 nitrogen and oxygen atoms in total. The summed E-state index contributed by atoms with van der Waals surface area (Å²) < 4.78 is 0. The molecule has 2 heterocycles. The molecule has 1 unspecified atom stereocenters. The van der Waals surface area contributed by atoms with E-state index >= 15 is 0 Å². The largest absolute Gasteiger partial charge is 0.373 e. The van der Waals surface area contributed by atoms with Crippen molar-refractivity contribution in [2.45, 2.75) is 45.6 Å². The Morgan fingerprint density at radius 1 is 1.35 bits per heavy atom. The van der Waals surface area contributed by atoms with Crippen molar-refractivity contribution >= 4 is 11.6 Å². The lowest BCUT2D eigenvalue weighted by Crippen LogP contribution is -2.50. The molecule has 3 heteroatoms. The average molecular weight is 272 g/mol. The SMILES string of the molecule is CC1(C)CCCN(C(=O)C2CCc3ccccc3N2)C1. The second-order valence-electron chi connectivity index (χ2n) is 6.92. The number of rotatable bonds is 1. The highest BCUT2D eigenvalue weighted by molar-refractivity contribution is 5.85. The van der Waals surface area contributed by atoms with Crippen molar-refractivity contribution in [3.05, 3.63) is 29.8 Å². The summed E-state index contributed by atoms with van der Waals surface area (Å²) in [4.78, 5) is 14.8. The van der Waals surface area contributed by atoms with E-state index in [2.05, 4.69) is 42.3 Å². The number of benzene rings is 1. The molecule has 1 amide bonds. The van der Waals surface area contributed by atoms with E-state index in [1.54, 1.807) is 0 Å². The van der Waals surface area contributed by atoms with Crippen LogP contribution < -0.4 is 5.32 Å². The lowest BCUT2D eigenvalue weighted by atomic mass is 9.83. The number of carbonyl (C=O) groups excluding carboxylic acids is 1. The van der Waals surface area contributed by atoms with E-state index in [4.69, 9.17) is 0 Å².